The van der Waals surface area contributed by atoms with Crippen molar-refractivity contribution in [2.45, 2.75) is 45.1 Å². The van der Waals surface area contributed by atoms with Gasteiger partial charge in [0.2, 0.25) is 0 Å². The normalized spacial score (nSPS) is 20.2. The van der Waals surface area contributed by atoms with E-state index >= 15 is 0 Å². The van der Waals surface area contributed by atoms with E-state index in [1.807, 2.05) is 7.05 Å². The molecule has 176 valence electrons. The molecule has 0 radical (unpaired) electrons. The number of anilines is 1. The zero-order valence-electron chi connectivity index (χ0n) is 19.6. The van der Waals surface area contributed by atoms with Gasteiger partial charge in [0.15, 0.2) is 5.96 Å². The van der Waals surface area contributed by atoms with Crippen LogP contribution in [0.3, 0.4) is 0 Å². The van der Waals surface area contributed by atoms with Crippen LogP contribution < -0.4 is 15.5 Å². The topological polar surface area (TPSA) is 52.1 Å². The molecule has 0 aromatic heterocycles. The van der Waals surface area contributed by atoms with Gasteiger partial charge < -0.3 is 20.3 Å². The molecule has 2 N–H and O–H groups in total. The van der Waals surface area contributed by atoms with E-state index in [0.29, 0.717) is 11.5 Å². The number of nitrogens with zero attached hydrogens (tertiary/aromatic N) is 3. The summed E-state index contributed by atoms with van der Waals surface area (Å²) in [7, 11) is 3.67. The first kappa shape index (κ1) is 26.2. The monoisotopic (exact) mass is 543 g/mol. The van der Waals surface area contributed by atoms with Crippen LogP contribution in [0.1, 0.15) is 39.0 Å². The number of piperazine rings is 1. The van der Waals surface area contributed by atoms with Crippen LogP contribution in [0.2, 0.25) is 0 Å². The number of hydrogen-bond donors (Lipinski definition) is 2. The highest BCUT2D eigenvalue weighted by Gasteiger charge is 2.33. The molecule has 3 rings (SSSR count). The Morgan fingerprint density at radius 2 is 1.77 bits per heavy atom. The molecule has 0 spiro atoms. The van der Waals surface area contributed by atoms with Gasteiger partial charge in [-0.05, 0) is 43.7 Å². The van der Waals surface area contributed by atoms with Crippen molar-refractivity contribution in [1.29, 1.82) is 0 Å². The molecule has 7 heteroatoms. The summed E-state index contributed by atoms with van der Waals surface area (Å²) in [6.07, 6.45) is 6.40. The lowest BCUT2D eigenvalue weighted by molar-refractivity contribution is 0.138. The first-order chi connectivity index (χ1) is 14.7. The molecule has 1 heterocycles. The van der Waals surface area contributed by atoms with Crippen molar-refractivity contribution in [2.24, 2.45) is 10.4 Å². The number of hydrogen-bond acceptors (Lipinski definition) is 4. The second kappa shape index (κ2) is 13.5. The summed E-state index contributed by atoms with van der Waals surface area (Å²) in [6, 6.07) is 11.2. The third-order valence-electron chi connectivity index (χ3n) is 6.98. The minimum Gasteiger partial charge on any atom is -0.385 e. The molecule has 0 bridgehead atoms. The number of rotatable bonds is 9. The standard InChI is InChI=1S/C24H41N5O.HI/c1-21(28-14-16-29(17-15-28)22-9-5-4-6-10-22)19-26-23(25-2)27-20-24(13-18-30-3)11-7-8-12-24;/h4-6,9-10,21H,7-8,11-20H2,1-3H3,(H2,25,26,27);1H. The van der Waals surface area contributed by atoms with Gasteiger partial charge in [-0.3, -0.25) is 9.89 Å². The van der Waals surface area contributed by atoms with E-state index in [1.165, 1.54) is 31.4 Å². The van der Waals surface area contributed by atoms with Crippen molar-refractivity contribution >= 4 is 35.6 Å². The van der Waals surface area contributed by atoms with Crippen LogP contribution in [0.5, 0.6) is 0 Å². The van der Waals surface area contributed by atoms with Gasteiger partial charge in [0, 0.05) is 71.8 Å². The van der Waals surface area contributed by atoms with Crippen LogP contribution in [0.4, 0.5) is 5.69 Å². The zero-order chi connectivity index (χ0) is 21.2. The molecule has 31 heavy (non-hydrogen) atoms. The van der Waals surface area contributed by atoms with Gasteiger partial charge in [-0.25, -0.2) is 0 Å². The molecule has 1 aromatic carbocycles. The summed E-state index contributed by atoms with van der Waals surface area (Å²) >= 11 is 0. The van der Waals surface area contributed by atoms with Crippen molar-refractivity contribution in [3.63, 3.8) is 0 Å². The van der Waals surface area contributed by atoms with Gasteiger partial charge in [-0.2, -0.15) is 0 Å². The summed E-state index contributed by atoms with van der Waals surface area (Å²) in [5.74, 6) is 0.925. The Hall–Kier alpha value is -1.06. The minimum atomic E-state index is 0. The number of ether oxygens (including phenoxy) is 1. The van der Waals surface area contributed by atoms with Gasteiger partial charge in [-0.1, -0.05) is 31.0 Å². The molecule has 1 aromatic rings. The highest BCUT2D eigenvalue weighted by Crippen LogP contribution is 2.40. The van der Waals surface area contributed by atoms with E-state index in [4.69, 9.17) is 4.74 Å². The molecule has 1 unspecified atom stereocenters. The molecule has 0 amide bonds. The largest absolute Gasteiger partial charge is 0.385 e. The lowest BCUT2D eigenvalue weighted by Gasteiger charge is -2.39. The zero-order valence-corrected chi connectivity index (χ0v) is 21.9. The van der Waals surface area contributed by atoms with Crippen LogP contribution >= 0.6 is 24.0 Å². The maximum Gasteiger partial charge on any atom is 0.191 e. The van der Waals surface area contributed by atoms with Crippen LogP contribution in [0.25, 0.3) is 0 Å². The first-order valence-electron chi connectivity index (χ1n) is 11.6. The maximum atomic E-state index is 5.36. The van der Waals surface area contributed by atoms with Gasteiger partial charge in [0.25, 0.3) is 0 Å². The molecule has 2 fully saturated rings. The number of halogens is 1. The predicted octanol–water partition coefficient (Wildman–Crippen LogP) is 3.58. The summed E-state index contributed by atoms with van der Waals surface area (Å²) in [6.45, 7) is 9.44. The number of nitrogens with one attached hydrogen (secondary N) is 2. The Bertz CT molecular complexity index is 643. The Balaban J connectivity index is 0.00000341. The molecular formula is C24H42IN5O. The third-order valence-corrected chi connectivity index (χ3v) is 6.98. The van der Waals surface area contributed by atoms with Gasteiger partial charge >= 0.3 is 0 Å². The number of para-hydroxylation sites is 1. The van der Waals surface area contributed by atoms with Crippen LogP contribution in [0.15, 0.2) is 35.3 Å². The van der Waals surface area contributed by atoms with E-state index in [9.17, 15) is 0 Å². The third kappa shape index (κ3) is 7.79. The molecule has 1 saturated heterocycles. The van der Waals surface area contributed by atoms with E-state index in [2.05, 4.69) is 62.7 Å². The fraction of sp³-hybridized carbons (Fsp3) is 0.708. The van der Waals surface area contributed by atoms with E-state index in [0.717, 1.165) is 58.3 Å². The highest BCUT2D eigenvalue weighted by molar-refractivity contribution is 14.0. The van der Waals surface area contributed by atoms with Crippen LogP contribution in [-0.2, 0) is 4.74 Å². The van der Waals surface area contributed by atoms with E-state index in [1.54, 1.807) is 7.11 Å². The second-order valence-corrected chi connectivity index (χ2v) is 8.96. The number of methoxy groups -OCH3 is 1. The SMILES string of the molecule is CN=C(NCC(C)N1CCN(c2ccccc2)CC1)NCC1(CCOC)CCCC1.I. The molecule has 1 aliphatic heterocycles. The number of benzene rings is 1. The molecular weight excluding hydrogens is 501 g/mol. The Labute approximate surface area is 206 Å². The van der Waals surface area contributed by atoms with Gasteiger partial charge in [0.1, 0.15) is 0 Å². The molecule has 1 aliphatic carbocycles. The van der Waals surface area contributed by atoms with Gasteiger partial charge in [0.05, 0.1) is 0 Å². The summed E-state index contributed by atoms with van der Waals surface area (Å²) in [5.41, 5.74) is 1.70. The average molecular weight is 544 g/mol. The van der Waals surface area contributed by atoms with Crippen molar-refractivity contribution in [3.05, 3.63) is 30.3 Å². The average Bonchev–Trinajstić information content (AvgIpc) is 3.27. The number of aliphatic imine (C=N–C) groups is 1. The quantitative estimate of drug-likeness (QED) is 0.284. The lowest BCUT2D eigenvalue weighted by Crippen LogP contribution is -2.53. The Morgan fingerprint density at radius 3 is 2.39 bits per heavy atom. The number of guanidine groups is 1. The van der Waals surface area contributed by atoms with Gasteiger partial charge in [-0.15, -0.1) is 24.0 Å². The van der Waals surface area contributed by atoms with Crippen molar-refractivity contribution in [1.82, 2.24) is 15.5 Å². The summed E-state index contributed by atoms with van der Waals surface area (Å²) in [5, 5.41) is 7.16. The Kier molecular flexibility index (Phi) is 11.4. The minimum absolute atomic E-state index is 0. The highest BCUT2D eigenvalue weighted by atomic mass is 127. The van der Waals surface area contributed by atoms with E-state index in [-0.39, 0.29) is 24.0 Å². The predicted molar refractivity (Wildman–Crippen MR) is 142 cm³/mol. The molecule has 2 aliphatic rings. The van der Waals surface area contributed by atoms with E-state index < -0.39 is 0 Å². The first-order valence-corrected chi connectivity index (χ1v) is 11.6. The second-order valence-electron chi connectivity index (χ2n) is 8.96. The van der Waals surface area contributed by atoms with Crippen molar-refractivity contribution < 1.29 is 4.74 Å². The fourth-order valence-corrected chi connectivity index (χ4v) is 4.88. The summed E-state index contributed by atoms with van der Waals surface area (Å²) < 4.78 is 5.36. The van der Waals surface area contributed by atoms with Crippen LogP contribution in [-0.4, -0.2) is 76.9 Å². The summed E-state index contributed by atoms with van der Waals surface area (Å²) in [4.78, 5) is 9.53. The van der Waals surface area contributed by atoms with Crippen molar-refractivity contribution in [3.8, 4) is 0 Å². The molecule has 6 nitrogen and oxygen atoms in total. The lowest BCUT2D eigenvalue weighted by atomic mass is 9.83. The molecule has 1 atom stereocenters. The Morgan fingerprint density at radius 1 is 1.10 bits per heavy atom. The maximum absolute atomic E-state index is 5.36. The smallest absolute Gasteiger partial charge is 0.191 e. The fourth-order valence-electron chi connectivity index (χ4n) is 4.88. The van der Waals surface area contributed by atoms with Crippen LogP contribution in [0, 0.1) is 5.41 Å². The molecule has 1 saturated carbocycles. The van der Waals surface area contributed by atoms with Crippen molar-refractivity contribution in [2.75, 3.05) is 64.9 Å².